The molecule has 98 valence electrons. The van der Waals surface area contributed by atoms with Crippen molar-refractivity contribution in [2.75, 3.05) is 6.16 Å². The van der Waals surface area contributed by atoms with Gasteiger partial charge in [0.1, 0.15) is 5.82 Å². The van der Waals surface area contributed by atoms with Crippen LogP contribution in [0.3, 0.4) is 0 Å². The minimum atomic E-state index is -0.116. The van der Waals surface area contributed by atoms with Crippen LogP contribution in [-0.2, 0) is 12.8 Å². The molecule has 0 N–H and O–H groups in total. The highest BCUT2D eigenvalue weighted by Gasteiger charge is 2.21. The molecule has 0 aliphatic heterocycles. The summed E-state index contributed by atoms with van der Waals surface area (Å²) >= 11 is 0. The highest BCUT2D eigenvalue weighted by Crippen LogP contribution is 2.34. The van der Waals surface area contributed by atoms with Crippen molar-refractivity contribution in [3.63, 3.8) is 0 Å². The Kier molecular flexibility index (Phi) is 3.66. The lowest BCUT2D eigenvalue weighted by atomic mass is 9.89. The summed E-state index contributed by atoms with van der Waals surface area (Å²) in [5, 5.41) is 0. The van der Waals surface area contributed by atoms with Crippen LogP contribution in [0.1, 0.15) is 34.6 Å². The Hall–Kier alpha value is -1.20. The molecule has 0 fully saturated rings. The summed E-state index contributed by atoms with van der Waals surface area (Å²) in [4.78, 5) is 0. The third-order valence-corrected chi connectivity index (χ3v) is 4.36. The first kappa shape index (κ1) is 12.8. The van der Waals surface area contributed by atoms with Crippen LogP contribution in [0.25, 0.3) is 0 Å². The number of rotatable bonds is 2. The van der Waals surface area contributed by atoms with Gasteiger partial charge in [-0.1, -0.05) is 30.3 Å². The molecule has 3 rings (SSSR count). The SMILES string of the molecule is Fc1ccc2c(c1)C[C@H](CCP)c1ccccc1C2. The summed E-state index contributed by atoms with van der Waals surface area (Å²) in [7, 11) is 2.81. The van der Waals surface area contributed by atoms with Crippen molar-refractivity contribution in [1.82, 2.24) is 0 Å². The third kappa shape index (κ3) is 2.58. The topological polar surface area (TPSA) is 0 Å². The van der Waals surface area contributed by atoms with Gasteiger partial charge in [-0.15, -0.1) is 9.24 Å². The van der Waals surface area contributed by atoms with Crippen molar-refractivity contribution >= 4 is 9.24 Å². The van der Waals surface area contributed by atoms with E-state index in [4.69, 9.17) is 0 Å². The second-order valence-corrected chi connectivity index (χ2v) is 5.84. The molecule has 0 radical (unpaired) electrons. The molecule has 0 bridgehead atoms. The monoisotopic (exact) mass is 272 g/mol. The average Bonchev–Trinajstić information content (AvgIpc) is 2.56. The van der Waals surface area contributed by atoms with Crippen molar-refractivity contribution in [2.45, 2.75) is 25.2 Å². The maximum Gasteiger partial charge on any atom is 0.123 e. The lowest BCUT2D eigenvalue weighted by Crippen LogP contribution is -2.04. The molecule has 1 aliphatic rings. The first-order valence-corrected chi connectivity index (χ1v) is 7.64. The molecule has 0 saturated carbocycles. The lowest BCUT2D eigenvalue weighted by Gasteiger charge is -2.17. The van der Waals surface area contributed by atoms with Crippen molar-refractivity contribution in [3.05, 3.63) is 70.5 Å². The molecule has 0 aromatic heterocycles. The van der Waals surface area contributed by atoms with E-state index in [0.29, 0.717) is 5.92 Å². The van der Waals surface area contributed by atoms with Gasteiger partial charge in [-0.3, -0.25) is 0 Å². The molecular formula is C17H18FP. The third-order valence-electron chi connectivity index (χ3n) is 4.03. The summed E-state index contributed by atoms with van der Waals surface area (Å²) in [6.07, 6.45) is 4.11. The lowest BCUT2D eigenvalue weighted by molar-refractivity contribution is 0.618. The predicted octanol–water partition coefficient (Wildman–Crippen LogP) is 4.32. The first-order chi connectivity index (χ1) is 9.28. The molecule has 0 nitrogen and oxygen atoms in total. The average molecular weight is 272 g/mol. The molecule has 2 aromatic carbocycles. The largest absolute Gasteiger partial charge is 0.207 e. The van der Waals surface area contributed by atoms with Crippen LogP contribution >= 0.6 is 9.24 Å². The van der Waals surface area contributed by atoms with Crippen LogP contribution in [0.5, 0.6) is 0 Å². The van der Waals surface area contributed by atoms with Gasteiger partial charge in [0, 0.05) is 0 Å². The molecule has 19 heavy (non-hydrogen) atoms. The molecule has 1 aliphatic carbocycles. The number of hydrogen-bond acceptors (Lipinski definition) is 0. The van der Waals surface area contributed by atoms with E-state index in [2.05, 4.69) is 33.5 Å². The van der Waals surface area contributed by atoms with Crippen LogP contribution in [0.15, 0.2) is 42.5 Å². The second kappa shape index (κ2) is 5.43. The Bertz CT molecular complexity index is 592. The van der Waals surface area contributed by atoms with Gasteiger partial charge in [0.05, 0.1) is 0 Å². The molecule has 2 heteroatoms. The molecule has 0 heterocycles. The first-order valence-electron chi connectivity index (χ1n) is 6.83. The Morgan fingerprint density at radius 2 is 1.89 bits per heavy atom. The van der Waals surface area contributed by atoms with Crippen molar-refractivity contribution < 1.29 is 4.39 Å². The summed E-state index contributed by atoms with van der Waals surface area (Å²) in [5.41, 5.74) is 5.30. The van der Waals surface area contributed by atoms with E-state index in [1.165, 1.54) is 22.3 Å². The van der Waals surface area contributed by atoms with Gasteiger partial charge in [0.2, 0.25) is 0 Å². The quantitative estimate of drug-likeness (QED) is 0.714. The Labute approximate surface area is 116 Å². The number of hydrogen-bond donors (Lipinski definition) is 0. The Morgan fingerprint density at radius 3 is 2.74 bits per heavy atom. The molecular weight excluding hydrogens is 254 g/mol. The fourth-order valence-electron chi connectivity index (χ4n) is 3.09. The Morgan fingerprint density at radius 1 is 1.05 bits per heavy atom. The smallest absolute Gasteiger partial charge is 0.123 e. The maximum absolute atomic E-state index is 13.5. The molecule has 1 unspecified atom stereocenters. The van der Waals surface area contributed by atoms with Crippen molar-refractivity contribution in [1.29, 1.82) is 0 Å². The highest BCUT2D eigenvalue weighted by molar-refractivity contribution is 7.16. The normalized spacial score (nSPS) is 17.5. The predicted molar refractivity (Wildman–Crippen MR) is 81.3 cm³/mol. The standard InChI is InChI=1S/C17H18FP/c18-16-6-5-12-9-13-3-1-2-4-17(13)14(7-8-19)10-15(12)11-16/h1-6,11,14H,7-10,19H2/t14-/m0/s1. The zero-order valence-corrected chi connectivity index (χ0v) is 12.1. The van der Waals surface area contributed by atoms with E-state index in [9.17, 15) is 4.39 Å². The second-order valence-electron chi connectivity index (χ2n) is 5.27. The van der Waals surface area contributed by atoms with E-state index in [-0.39, 0.29) is 5.82 Å². The summed E-state index contributed by atoms with van der Waals surface area (Å²) in [6, 6.07) is 13.9. The summed E-state index contributed by atoms with van der Waals surface area (Å²) in [5.74, 6) is 0.395. The number of fused-ring (bicyclic) bond motifs is 2. The van der Waals surface area contributed by atoms with Gasteiger partial charge in [0.15, 0.2) is 0 Å². The number of halogens is 1. The van der Waals surface area contributed by atoms with Gasteiger partial charge in [-0.25, -0.2) is 4.39 Å². The summed E-state index contributed by atoms with van der Waals surface area (Å²) < 4.78 is 13.5. The molecule has 0 spiro atoms. The van der Waals surface area contributed by atoms with Crippen LogP contribution in [0.2, 0.25) is 0 Å². The van der Waals surface area contributed by atoms with Crippen LogP contribution < -0.4 is 0 Å². The van der Waals surface area contributed by atoms with Gasteiger partial charge in [-0.2, -0.15) is 0 Å². The highest BCUT2D eigenvalue weighted by atomic mass is 31.0. The van der Waals surface area contributed by atoms with E-state index in [0.717, 1.165) is 25.4 Å². The fourth-order valence-corrected chi connectivity index (χ4v) is 3.49. The Balaban J connectivity index is 2.09. The van der Waals surface area contributed by atoms with E-state index < -0.39 is 0 Å². The zero-order valence-electron chi connectivity index (χ0n) is 10.9. The molecule has 2 atom stereocenters. The minimum absolute atomic E-state index is 0.116. The van der Waals surface area contributed by atoms with Crippen LogP contribution in [-0.4, -0.2) is 6.16 Å². The van der Waals surface area contributed by atoms with Gasteiger partial charge in [0.25, 0.3) is 0 Å². The fraction of sp³-hybridized carbons (Fsp3) is 0.294. The van der Waals surface area contributed by atoms with Gasteiger partial charge in [-0.05, 0) is 65.7 Å². The van der Waals surface area contributed by atoms with Crippen molar-refractivity contribution in [3.8, 4) is 0 Å². The molecule has 0 saturated heterocycles. The van der Waals surface area contributed by atoms with E-state index in [1.807, 2.05) is 6.07 Å². The molecule has 0 amide bonds. The summed E-state index contributed by atoms with van der Waals surface area (Å²) in [6.45, 7) is 0. The van der Waals surface area contributed by atoms with E-state index >= 15 is 0 Å². The molecule has 2 aromatic rings. The van der Waals surface area contributed by atoms with Crippen molar-refractivity contribution in [2.24, 2.45) is 0 Å². The number of benzene rings is 2. The minimum Gasteiger partial charge on any atom is -0.207 e. The van der Waals surface area contributed by atoms with Gasteiger partial charge >= 0.3 is 0 Å². The zero-order chi connectivity index (χ0) is 13.2. The van der Waals surface area contributed by atoms with E-state index in [1.54, 1.807) is 12.1 Å². The van der Waals surface area contributed by atoms with Crippen LogP contribution in [0.4, 0.5) is 4.39 Å². The maximum atomic E-state index is 13.5. The van der Waals surface area contributed by atoms with Gasteiger partial charge < -0.3 is 0 Å². The van der Waals surface area contributed by atoms with Crippen LogP contribution in [0, 0.1) is 5.82 Å².